The average Bonchev–Trinajstić information content (AvgIpc) is 2.38. The zero-order valence-electron chi connectivity index (χ0n) is 10.9. The summed E-state index contributed by atoms with van der Waals surface area (Å²) in [6, 6.07) is 2.72. The summed E-state index contributed by atoms with van der Waals surface area (Å²) < 4.78 is 31.9. The maximum atomic E-state index is 13.7. The molecule has 19 heavy (non-hydrogen) atoms. The molecule has 1 heterocycles. The minimum atomic E-state index is -0.539. The van der Waals surface area contributed by atoms with Gasteiger partial charge < -0.3 is 4.74 Å². The number of ether oxygens (including phenoxy) is 1. The molecule has 0 atom stereocenters. The highest BCUT2D eigenvalue weighted by atomic mass is 19.1. The number of hydrogen-bond acceptors (Lipinski definition) is 3. The van der Waals surface area contributed by atoms with Gasteiger partial charge in [-0.15, -0.1) is 0 Å². The molecule has 0 radical (unpaired) electrons. The van der Waals surface area contributed by atoms with E-state index in [9.17, 15) is 8.78 Å². The van der Waals surface area contributed by atoms with E-state index in [1.54, 1.807) is 0 Å². The number of methoxy groups -OCH3 is 1. The van der Waals surface area contributed by atoms with Gasteiger partial charge in [-0.25, -0.2) is 18.7 Å². The second-order valence-electron chi connectivity index (χ2n) is 4.46. The summed E-state index contributed by atoms with van der Waals surface area (Å²) in [6.07, 6.45) is 2.09. The molecular weight excluding hydrogens is 250 g/mol. The number of rotatable bonds is 3. The zero-order chi connectivity index (χ0) is 14.0. The fraction of sp³-hybridized carbons (Fsp3) is 0.286. The van der Waals surface area contributed by atoms with Crippen molar-refractivity contribution in [1.29, 1.82) is 0 Å². The third-order valence-electron chi connectivity index (χ3n) is 2.77. The van der Waals surface area contributed by atoms with Gasteiger partial charge in [-0.3, -0.25) is 0 Å². The lowest BCUT2D eigenvalue weighted by molar-refractivity contribution is 0.407. The molecule has 1 aromatic heterocycles. The summed E-state index contributed by atoms with van der Waals surface area (Å²) in [7, 11) is 1.51. The van der Waals surface area contributed by atoms with Crippen molar-refractivity contribution in [2.24, 2.45) is 0 Å². The SMILES string of the molecule is COc1c(-c2ncc(F)cn2)cc(F)cc1C(C)C. The van der Waals surface area contributed by atoms with Gasteiger partial charge in [-0.2, -0.15) is 0 Å². The van der Waals surface area contributed by atoms with Gasteiger partial charge in [-0.05, 0) is 18.1 Å². The van der Waals surface area contributed by atoms with Crippen molar-refractivity contribution in [3.05, 3.63) is 41.7 Å². The molecule has 5 heteroatoms. The van der Waals surface area contributed by atoms with Crippen molar-refractivity contribution in [1.82, 2.24) is 9.97 Å². The van der Waals surface area contributed by atoms with Crippen LogP contribution in [-0.4, -0.2) is 17.1 Å². The average molecular weight is 264 g/mol. The topological polar surface area (TPSA) is 35.0 Å². The van der Waals surface area contributed by atoms with E-state index in [0.29, 0.717) is 11.3 Å². The van der Waals surface area contributed by atoms with Crippen LogP contribution in [0.25, 0.3) is 11.4 Å². The molecule has 3 nitrogen and oxygen atoms in total. The Kier molecular flexibility index (Phi) is 3.74. The maximum Gasteiger partial charge on any atom is 0.163 e. The van der Waals surface area contributed by atoms with Crippen LogP contribution in [0.1, 0.15) is 25.3 Å². The van der Waals surface area contributed by atoms with Crippen molar-refractivity contribution >= 4 is 0 Å². The van der Waals surface area contributed by atoms with Gasteiger partial charge >= 0.3 is 0 Å². The third-order valence-corrected chi connectivity index (χ3v) is 2.77. The fourth-order valence-corrected chi connectivity index (χ4v) is 1.89. The van der Waals surface area contributed by atoms with E-state index in [-0.39, 0.29) is 11.7 Å². The van der Waals surface area contributed by atoms with Crippen LogP contribution in [0.15, 0.2) is 24.5 Å². The smallest absolute Gasteiger partial charge is 0.163 e. The molecule has 0 fully saturated rings. The highest BCUT2D eigenvalue weighted by Crippen LogP contribution is 2.36. The highest BCUT2D eigenvalue weighted by Gasteiger charge is 2.17. The highest BCUT2D eigenvalue weighted by molar-refractivity contribution is 5.67. The molecule has 0 spiro atoms. The Morgan fingerprint density at radius 1 is 1.05 bits per heavy atom. The largest absolute Gasteiger partial charge is 0.496 e. The Labute approximate surface area is 110 Å². The van der Waals surface area contributed by atoms with E-state index in [2.05, 4.69) is 9.97 Å². The predicted octanol–water partition coefficient (Wildman–Crippen LogP) is 3.55. The maximum absolute atomic E-state index is 13.7. The van der Waals surface area contributed by atoms with Crippen LogP contribution in [0.5, 0.6) is 5.75 Å². The molecule has 100 valence electrons. The monoisotopic (exact) mass is 264 g/mol. The molecule has 0 aliphatic rings. The molecule has 0 aliphatic heterocycles. The Morgan fingerprint density at radius 2 is 1.68 bits per heavy atom. The van der Waals surface area contributed by atoms with Crippen molar-refractivity contribution in [3.63, 3.8) is 0 Å². The number of nitrogens with zero attached hydrogens (tertiary/aromatic N) is 2. The van der Waals surface area contributed by atoms with E-state index < -0.39 is 11.6 Å². The Morgan fingerprint density at radius 3 is 2.21 bits per heavy atom. The first-order valence-corrected chi connectivity index (χ1v) is 5.88. The molecule has 0 unspecified atom stereocenters. The first-order chi connectivity index (χ1) is 9.02. The second kappa shape index (κ2) is 5.30. The Bertz CT molecular complexity index is 583. The number of aromatic nitrogens is 2. The molecule has 0 N–H and O–H groups in total. The van der Waals surface area contributed by atoms with Gasteiger partial charge in [0.05, 0.1) is 25.1 Å². The summed E-state index contributed by atoms with van der Waals surface area (Å²) in [4.78, 5) is 7.73. The van der Waals surface area contributed by atoms with E-state index >= 15 is 0 Å². The van der Waals surface area contributed by atoms with Gasteiger partial charge in [0.25, 0.3) is 0 Å². The second-order valence-corrected chi connectivity index (χ2v) is 4.46. The lowest BCUT2D eigenvalue weighted by atomic mass is 9.98. The molecule has 0 bridgehead atoms. The van der Waals surface area contributed by atoms with E-state index in [1.807, 2.05) is 13.8 Å². The van der Waals surface area contributed by atoms with E-state index in [0.717, 1.165) is 18.0 Å². The normalized spacial score (nSPS) is 10.8. The van der Waals surface area contributed by atoms with E-state index in [1.165, 1.54) is 19.2 Å². The van der Waals surface area contributed by atoms with Crippen LogP contribution in [0.3, 0.4) is 0 Å². The predicted molar refractivity (Wildman–Crippen MR) is 68.0 cm³/mol. The molecule has 2 rings (SSSR count). The number of halogens is 2. The van der Waals surface area contributed by atoms with E-state index in [4.69, 9.17) is 4.74 Å². The van der Waals surface area contributed by atoms with Gasteiger partial charge in [-0.1, -0.05) is 13.8 Å². The molecule has 0 aliphatic carbocycles. The standard InChI is InChI=1S/C14H14F2N2O/c1-8(2)11-4-9(15)5-12(13(11)19-3)14-17-6-10(16)7-18-14/h4-8H,1-3H3. The molecule has 0 saturated carbocycles. The fourth-order valence-electron chi connectivity index (χ4n) is 1.89. The molecule has 0 saturated heterocycles. The molecular formula is C14H14F2N2O. The Hall–Kier alpha value is -2.04. The van der Waals surface area contributed by atoms with Gasteiger partial charge in [0.1, 0.15) is 11.6 Å². The summed E-state index contributed by atoms with van der Waals surface area (Å²) in [5.74, 6) is -0.0943. The summed E-state index contributed by atoms with van der Waals surface area (Å²) >= 11 is 0. The van der Waals surface area contributed by atoms with Crippen molar-refractivity contribution in [3.8, 4) is 17.1 Å². The lowest BCUT2D eigenvalue weighted by Gasteiger charge is -2.15. The summed E-state index contributed by atoms with van der Waals surface area (Å²) in [5.41, 5.74) is 1.15. The van der Waals surface area contributed by atoms with Gasteiger partial charge in [0.2, 0.25) is 0 Å². The number of hydrogen-bond donors (Lipinski definition) is 0. The third kappa shape index (κ3) is 2.70. The zero-order valence-corrected chi connectivity index (χ0v) is 10.9. The lowest BCUT2D eigenvalue weighted by Crippen LogP contribution is -2.00. The van der Waals surface area contributed by atoms with Crippen LogP contribution in [0, 0.1) is 11.6 Å². The number of benzene rings is 1. The van der Waals surface area contributed by atoms with Crippen LogP contribution in [0.2, 0.25) is 0 Å². The minimum absolute atomic E-state index is 0.0878. The van der Waals surface area contributed by atoms with Crippen molar-refractivity contribution in [2.75, 3.05) is 7.11 Å². The van der Waals surface area contributed by atoms with Crippen molar-refractivity contribution < 1.29 is 13.5 Å². The first-order valence-electron chi connectivity index (χ1n) is 5.88. The minimum Gasteiger partial charge on any atom is -0.496 e. The Balaban J connectivity index is 2.64. The van der Waals surface area contributed by atoms with Gasteiger partial charge in [0, 0.05) is 5.56 Å². The summed E-state index contributed by atoms with van der Waals surface area (Å²) in [6.45, 7) is 3.87. The van der Waals surface area contributed by atoms with Crippen LogP contribution in [0.4, 0.5) is 8.78 Å². The first kappa shape index (κ1) is 13.4. The molecule has 1 aromatic carbocycles. The molecule has 0 amide bonds. The summed E-state index contributed by atoms with van der Waals surface area (Å²) in [5, 5.41) is 0. The van der Waals surface area contributed by atoms with Gasteiger partial charge in [0.15, 0.2) is 11.6 Å². The van der Waals surface area contributed by atoms with Crippen LogP contribution >= 0.6 is 0 Å². The van der Waals surface area contributed by atoms with Crippen LogP contribution in [-0.2, 0) is 0 Å². The van der Waals surface area contributed by atoms with Crippen molar-refractivity contribution in [2.45, 2.75) is 19.8 Å². The quantitative estimate of drug-likeness (QED) is 0.850. The van der Waals surface area contributed by atoms with Crippen LogP contribution < -0.4 is 4.74 Å². The molecule has 2 aromatic rings.